The van der Waals surface area contributed by atoms with Gasteiger partial charge in [0.05, 0.1) is 0 Å². The number of nitrogens with zero attached hydrogens (tertiary/aromatic N) is 1. The predicted molar refractivity (Wildman–Crippen MR) is 74.7 cm³/mol. The fourth-order valence-electron chi connectivity index (χ4n) is 3.01. The second-order valence-electron chi connectivity index (χ2n) is 5.37. The molecule has 3 nitrogen and oxygen atoms in total. The van der Waals surface area contributed by atoms with E-state index in [4.69, 9.17) is 0 Å². The number of carbonyl (C=O) groups excluding carboxylic acids is 1. The summed E-state index contributed by atoms with van der Waals surface area (Å²) in [6, 6.07) is 4.65. The number of thiophene rings is 1. The van der Waals surface area contributed by atoms with E-state index < -0.39 is 0 Å². The van der Waals surface area contributed by atoms with Gasteiger partial charge in [0.2, 0.25) is 5.91 Å². The Balaban J connectivity index is 1.69. The van der Waals surface area contributed by atoms with Crippen LogP contribution in [0.5, 0.6) is 0 Å². The first-order valence-electron chi connectivity index (χ1n) is 6.52. The van der Waals surface area contributed by atoms with Gasteiger partial charge in [-0.15, -0.1) is 11.3 Å². The van der Waals surface area contributed by atoms with E-state index in [-0.39, 0.29) is 11.7 Å². The Bertz CT molecular complexity index is 463. The topological polar surface area (TPSA) is 32.3 Å². The van der Waals surface area contributed by atoms with E-state index >= 15 is 0 Å². The van der Waals surface area contributed by atoms with Gasteiger partial charge in [0, 0.05) is 16.7 Å². The summed E-state index contributed by atoms with van der Waals surface area (Å²) in [5.41, 5.74) is -0.193. The Morgan fingerprint density at radius 2 is 2.33 bits per heavy atom. The van der Waals surface area contributed by atoms with Crippen LogP contribution in [0.25, 0.3) is 0 Å². The largest absolute Gasteiger partial charge is 0.317 e. The van der Waals surface area contributed by atoms with Gasteiger partial charge in [-0.1, -0.05) is 6.07 Å². The van der Waals surface area contributed by atoms with Gasteiger partial charge < -0.3 is 4.90 Å². The van der Waals surface area contributed by atoms with Crippen LogP contribution in [-0.4, -0.2) is 33.9 Å². The van der Waals surface area contributed by atoms with E-state index in [1.165, 1.54) is 10.6 Å². The summed E-state index contributed by atoms with van der Waals surface area (Å²) in [5.74, 6) is 2.65. The minimum Gasteiger partial charge on any atom is -0.317 e. The maximum absolute atomic E-state index is 12.6. The first kappa shape index (κ1) is 11.3. The van der Waals surface area contributed by atoms with Gasteiger partial charge in [-0.25, -0.2) is 0 Å². The molecule has 1 amide bonds. The number of carbonyl (C=O) groups is 1. The lowest BCUT2D eigenvalue weighted by molar-refractivity contribution is -0.132. The summed E-state index contributed by atoms with van der Waals surface area (Å²) >= 11 is 3.72. The molecule has 3 heterocycles. The molecule has 1 spiro atoms. The van der Waals surface area contributed by atoms with E-state index in [9.17, 15) is 4.79 Å². The van der Waals surface area contributed by atoms with Crippen molar-refractivity contribution in [3.8, 4) is 0 Å². The van der Waals surface area contributed by atoms with Crippen molar-refractivity contribution in [3.05, 3.63) is 22.4 Å². The average molecular weight is 280 g/mol. The Morgan fingerprint density at radius 1 is 1.44 bits per heavy atom. The lowest BCUT2D eigenvalue weighted by Gasteiger charge is -2.29. The lowest BCUT2D eigenvalue weighted by Crippen LogP contribution is -2.40. The number of thioether (sulfide) groups is 1. The molecule has 1 aliphatic carbocycles. The summed E-state index contributed by atoms with van der Waals surface area (Å²) < 4.78 is 0. The fraction of sp³-hybridized carbons (Fsp3) is 0.615. The summed E-state index contributed by atoms with van der Waals surface area (Å²) in [6.07, 6.45) is 3.31. The first-order valence-corrected chi connectivity index (χ1v) is 8.55. The number of nitrogens with one attached hydrogen (secondary N) is 1. The third-order valence-corrected chi connectivity index (χ3v) is 6.27. The van der Waals surface area contributed by atoms with Crippen LogP contribution in [0.15, 0.2) is 17.5 Å². The summed E-state index contributed by atoms with van der Waals surface area (Å²) in [5, 5.41) is 5.70. The van der Waals surface area contributed by atoms with E-state index in [1.807, 2.05) is 11.8 Å². The predicted octanol–water partition coefficient (Wildman–Crippen LogP) is 2.22. The zero-order valence-electron chi connectivity index (χ0n) is 10.1. The maximum Gasteiger partial charge on any atom is 0.244 e. The first-order chi connectivity index (χ1) is 8.80. The third-order valence-electron chi connectivity index (χ3n) is 4.20. The molecule has 5 heteroatoms. The molecule has 0 bridgehead atoms. The minimum absolute atomic E-state index is 0.128. The van der Waals surface area contributed by atoms with Gasteiger partial charge >= 0.3 is 0 Å². The van der Waals surface area contributed by atoms with E-state index in [0.29, 0.717) is 11.9 Å². The van der Waals surface area contributed by atoms with Gasteiger partial charge in [0.1, 0.15) is 11.7 Å². The van der Waals surface area contributed by atoms with Crippen LogP contribution in [-0.2, 0) is 4.79 Å². The quantitative estimate of drug-likeness (QED) is 0.901. The highest BCUT2D eigenvalue weighted by Gasteiger charge is 2.60. The van der Waals surface area contributed by atoms with E-state index in [2.05, 4.69) is 27.7 Å². The minimum atomic E-state index is -0.193. The van der Waals surface area contributed by atoms with Crippen molar-refractivity contribution in [2.24, 2.45) is 0 Å². The van der Waals surface area contributed by atoms with Crippen LogP contribution in [0.2, 0.25) is 0 Å². The highest BCUT2D eigenvalue weighted by atomic mass is 32.2. The number of amides is 1. The van der Waals surface area contributed by atoms with Crippen LogP contribution >= 0.6 is 23.1 Å². The highest BCUT2D eigenvalue weighted by Crippen LogP contribution is 2.48. The van der Waals surface area contributed by atoms with E-state index in [1.54, 1.807) is 11.3 Å². The molecule has 18 heavy (non-hydrogen) atoms. The van der Waals surface area contributed by atoms with Gasteiger partial charge in [-0.05, 0) is 36.5 Å². The Kier molecular flexibility index (Phi) is 2.51. The van der Waals surface area contributed by atoms with Crippen LogP contribution in [0.4, 0.5) is 0 Å². The van der Waals surface area contributed by atoms with E-state index in [0.717, 1.165) is 25.0 Å². The Hall–Kier alpha value is -0.520. The normalized spacial score (nSPS) is 33.6. The molecule has 2 unspecified atom stereocenters. The lowest BCUT2D eigenvalue weighted by atomic mass is 10.2. The summed E-state index contributed by atoms with van der Waals surface area (Å²) in [7, 11) is 0. The molecular weight excluding hydrogens is 264 g/mol. The smallest absolute Gasteiger partial charge is 0.244 e. The van der Waals surface area contributed by atoms with Crippen LogP contribution in [0.3, 0.4) is 0 Å². The molecule has 4 rings (SSSR count). The highest BCUT2D eigenvalue weighted by molar-refractivity contribution is 7.99. The second-order valence-corrected chi connectivity index (χ2v) is 7.50. The molecule has 0 aromatic carbocycles. The number of hydrogen-bond donors (Lipinski definition) is 1. The van der Waals surface area contributed by atoms with Crippen molar-refractivity contribution in [2.45, 2.75) is 37.0 Å². The summed E-state index contributed by atoms with van der Waals surface area (Å²) in [4.78, 5) is 16.1. The van der Waals surface area contributed by atoms with Crippen molar-refractivity contribution in [2.75, 3.05) is 11.5 Å². The van der Waals surface area contributed by atoms with Gasteiger partial charge in [-0.3, -0.25) is 10.1 Å². The monoisotopic (exact) mass is 280 g/mol. The molecule has 1 N–H and O–H groups in total. The Morgan fingerprint density at radius 3 is 2.94 bits per heavy atom. The molecule has 1 aromatic rings. The third kappa shape index (κ3) is 1.57. The van der Waals surface area contributed by atoms with Gasteiger partial charge in [0.15, 0.2) is 0 Å². The number of hydrogen-bond acceptors (Lipinski definition) is 4. The molecule has 2 aliphatic heterocycles. The zero-order chi connectivity index (χ0) is 12.2. The van der Waals surface area contributed by atoms with Crippen LogP contribution in [0, 0.1) is 0 Å². The Labute approximate surface area is 115 Å². The molecule has 3 fully saturated rings. The summed E-state index contributed by atoms with van der Waals surface area (Å²) in [6.45, 7) is 0. The SMILES string of the molecule is O=C1N(C2CCSC2)C(c2cccs2)NC12CC2. The molecular formula is C13H16N2OS2. The fourth-order valence-corrected chi connectivity index (χ4v) is 4.99. The zero-order valence-corrected chi connectivity index (χ0v) is 11.7. The van der Waals surface area contributed by atoms with Crippen LogP contribution in [0.1, 0.15) is 30.3 Å². The van der Waals surface area contributed by atoms with Gasteiger partial charge in [-0.2, -0.15) is 11.8 Å². The van der Waals surface area contributed by atoms with Crippen LogP contribution < -0.4 is 5.32 Å². The second kappa shape index (κ2) is 3.99. The molecule has 0 radical (unpaired) electrons. The molecule has 2 saturated heterocycles. The molecule has 1 saturated carbocycles. The number of rotatable bonds is 2. The van der Waals surface area contributed by atoms with Crippen molar-refractivity contribution in [1.82, 2.24) is 10.2 Å². The van der Waals surface area contributed by atoms with Crippen molar-refractivity contribution in [3.63, 3.8) is 0 Å². The van der Waals surface area contributed by atoms with Crippen molar-refractivity contribution < 1.29 is 4.79 Å². The maximum atomic E-state index is 12.6. The molecule has 1 aromatic heterocycles. The van der Waals surface area contributed by atoms with Gasteiger partial charge in [0.25, 0.3) is 0 Å². The molecule has 2 atom stereocenters. The molecule has 96 valence electrons. The van der Waals surface area contributed by atoms with Crippen molar-refractivity contribution in [1.29, 1.82) is 0 Å². The van der Waals surface area contributed by atoms with Crippen molar-refractivity contribution >= 4 is 29.0 Å². The molecule has 3 aliphatic rings. The standard InChI is InChI=1S/C13H16N2OS2/c16-12-13(4-5-13)14-11(10-2-1-6-18-10)15(12)9-3-7-17-8-9/h1-2,6,9,11,14H,3-5,7-8H2. The average Bonchev–Trinajstić information content (AvgIpc) is 2.80.